The van der Waals surface area contributed by atoms with E-state index in [2.05, 4.69) is 15.9 Å². The summed E-state index contributed by atoms with van der Waals surface area (Å²) in [5.74, 6) is 0. The maximum Gasteiger partial charge on any atom is 0.418 e. The van der Waals surface area contributed by atoms with Gasteiger partial charge >= 0.3 is 12.4 Å². The maximum absolute atomic E-state index is 12.5. The van der Waals surface area contributed by atoms with Crippen LogP contribution in [0.5, 0.6) is 0 Å². The number of nitrogens with two attached hydrogens (primary N) is 1. The van der Waals surface area contributed by atoms with Gasteiger partial charge in [-0.25, -0.2) is 0 Å². The summed E-state index contributed by atoms with van der Waals surface area (Å²) < 4.78 is 74.7. The Labute approximate surface area is 101 Å². The van der Waals surface area contributed by atoms with Crippen LogP contribution in [0.25, 0.3) is 0 Å². The van der Waals surface area contributed by atoms with E-state index >= 15 is 0 Å². The molecule has 2 N–H and O–H groups in total. The average molecular weight is 322 g/mol. The summed E-state index contributed by atoms with van der Waals surface area (Å²) in [7, 11) is 0. The predicted octanol–water partition coefficient (Wildman–Crippen LogP) is 4.20. The molecule has 0 saturated heterocycles. The van der Waals surface area contributed by atoms with E-state index in [0.29, 0.717) is 6.07 Å². The molecule has 1 nitrogen and oxygen atoms in total. The Morgan fingerprint density at radius 3 is 1.88 bits per heavy atom. The summed E-state index contributed by atoms with van der Waals surface area (Å²) >= 11 is 2.71. The molecule has 1 aromatic carbocycles. The largest absolute Gasteiger partial charge is 0.418 e. The first-order chi connectivity index (χ1) is 7.57. The zero-order chi connectivity index (χ0) is 13.4. The molecule has 0 aliphatic carbocycles. The fourth-order valence-electron chi connectivity index (χ4n) is 1.34. The second-order valence-electron chi connectivity index (χ2n) is 3.23. The Balaban J connectivity index is 3.47. The summed E-state index contributed by atoms with van der Waals surface area (Å²) in [5.41, 5.74) is 1.14. The van der Waals surface area contributed by atoms with Crippen molar-refractivity contribution in [2.24, 2.45) is 0 Å². The summed E-state index contributed by atoms with van der Waals surface area (Å²) in [6.07, 6.45) is -9.51. The highest BCUT2D eigenvalue weighted by atomic mass is 79.9. The smallest absolute Gasteiger partial charge is 0.398 e. The molecule has 96 valence electrons. The fraction of sp³-hybridized carbons (Fsp3) is 0.333. The molecule has 0 fully saturated rings. The van der Waals surface area contributed by atoms with Crippen molar-refractivity contribution in [3.8, 4) is 0 Å². The van der Waals surface area contributed by atoms with Gasteiger partial charge in [0.2, 0.25) is 0 Å². The highest BCUT2D eigenvalue weighted by Crippen LogP contribution is 2.40. The number of anilines is 1. The minimum absolute atomic E-state index is 0.287. The first-order valence-corrected chi connectivity index (χ1v) is 5.32. The third kappa shape index (κ3) is 3.05. The summed E-state index contributed by atoms with van der Waals surface area (Å²) in [6, 6.07) is 0.725. The molecule has 8 heteroatoms. The fourth-order valence-corrected chi connectivity index (χ4v) is 1.78. The van der Waals surface area contributed by atoms with Gasteiger partial charge in [0, 0.05) is 11.0 Å². The molecule has 0 aliphatic heterocycles. The molecule has 0 heterocycles. The van der Waals surface area contributed by atoms with Crippen molar-refractivity contribution in [2.75, 3.05) is 5.73 Å². The molecule has 0 aliphatic rings. The SMILES string of the molecule is Nc1cc(C(F)(F)F)cc(CBr)c1C(F)(F)F. The van der Waals surface area contributed by atoms with Crippen molar-refractivity contribution in [2.45, 2.75) is 17.7 Å². The Morgan fingerprint density at radius 1 is 1.00 bits per heavy atom. The van der Waals surface area contributed by atoms with Gasteiger partial charge in [0.25, 0.3) is 0 Å². The quantitative estimate of drug-likeness (QED) is 0.468. The monoisotopic (exact) mass is 321 g/mol. The van der Waals surface area contributed by atoms with Gasteiger partial charge in [-0.1, -0.05) is 15.9 Å². The normalized spacial score (nSPS) is 12.9. The zero-order valence-electron chi connectivity index (χ0n) is 8.08. The van der Waals surface area contributed by atoms with Gasteiger partial charge in [0.1, 0.15) is 0 Å². The molecule has 17 heavy (non-hydrogen) atoms. The molecule has 0 unspecified atom stereocenters. The number of hydrogen-bond acceptors (Lipinski definition) is 1. The third-order valence-corrected chi connectivity index (χ3v) is 2.61. The number of rotatable bonds is 1. The molecular formula is C9H6BrF6N. The van der Waals surface area contributed by atoms with E-state index in [1.807, 2.05) is 0 Å². The van der Waals surface area contributed by atoms with E-state index in [9.17, 15) is 26.3 Å². The number of nitrogen functional groups attached to an aromatic ring is 1. The van der Waals surface area contributed by atoms with Crippen molar-refractivity contribution in [3.63, 3.8) is 0 Å². The molecule has 0 spiro atoms. The lowest BCUT2D eigenvalue weighted by Gasteiger charge is -2.17. The van der Waals surface area contributed by atoms with Crippen LogP contribution < -0.4 is 5.73 Å². The van der Waals surface area contributed by atoms with Gasteiger partial charge in [-0.05, 0) is 17.7 Å². The van der Waals surface area contributed by atoms with E-state index in [0.717, 1.165) is 0 Å². The molecule has 1 aromatic rings. The highest BCUT2D eigenvalue weighted by molar-refractivity contribution is 9.08. The van der Waals surface area contributed by atoms with E-state index in [-0.39, 0.29) is 11.4 Å². The molecule has 0 atom stereocenters. The third-order valence-electron chi connectivity index (χ3n) is 2.01. The lowest BCUT2D eigenvalue weighted by Crippen LogP contribution is -2.15. The molecule has 0 bridgehead atoms. The summed E-state index contributed by atoms with van der Waals surface area (Å²) in [4.78, 5) is 0. The summed E-state index contributed by atoms with van der Waals surface area (Å²) in [6.45, 7) is 0. The number of alkyl halides is 7. The lowest BCUT2D eigenvalue weighted by molar-refractivity contribution is -0.141. The minimum atomic E-state index is -4.78. The van der Waals surface area contributed by atoms with Crippen molar-refractivity contribution >= 4 is 21.6 Å². The first kappa shape index (κ1) is 14.1. The molecule has 0 radical (unpaired) electrons. The van der Waals surface area contributed by atoms with E-state index < -0.39 is 34.7 Å². The Bertz CT molecular complexity index is 423. The van der Waals surface area contributed by atoms with Crippen LogP contribution in [-0.2, 0) is 17.7 Å². The van der Waals surface area contributed by atoms with E-state index in [1.165, 1.54) is 0 Å². The van der Waals surface area contributed by atoms with Crippen LogP contribution in [0.3, 0.4) is 0 Å². The van der Waals surface area contributed by atoms with Crippen molar-refractivity contribution in [1.82, 2.24) is 0 Å². The second kappa shape index (κ2) is 4.40. The maximum atomic E-state index is 12.5. The predicted molar refractivity (Wildman–Crippen MR) is 53.5 cm³/mol. The first-order valence-electron chi connectivity index (χ1n) is 4.20. The minimum Gasteiger partial charge on any atom is -0.398 e. The Hall–Kier alpha value is -0.920. The number of hydrogen-bond donors (Lipinski definition) is 1. The Kier molecular flexibility index (Phi) is 3.66. The van der Waals surface area contributed by atoms with Crippen molar-refractivity contribution < 1.29 is 26.3 Å². The van der Waals surface area contributed by atoms with Gasteiger partial charge in [0.15, 0.2) is 0 Å². The summed E-state index contributed by atoms with van der Waals surface area (Å²) in [5, 5.41) is -0.365. The molecule has 0 saturated carbocycles. The molecule has 0 amide bonds. The van der Waals surface area contributed by atoms with Gasteiger partial charge in [0.05, 0.1) is 11.1 Å². The van der Waals surface area contributed by atoms with Crippen LogP contribution >= 0.6 is 15.9 Å². The van der Waals surface area contributed by atoms with Gasteiger partial charge in [-0.2, -0.15) is 26.3 Å². The number of benzene rings is 1. The van der Waals surface area contributed by atoms with Crippen LogP contribution in [0.2, 0.25) is 0 Å². The van der Waals surface area contributed by atoms with Crippen LogP contribution in [0.15, 0.2) is 12.1 Å². The van der Waals surface area contributed by atoms with Gasteiger partial charge in [-0.15, -0.1) is 0 Å². The standard InChI is InChI=1S/C9H6BrF6N/c10-3-4-1-5(8(11,12)13)2-6(17)7(4)9(14,15)16/h1-2H,3,17H2. The van der Waals surface area contributed by atoms with Gasteiger partial charge in [-0.3, -0.25) is 0 Å². The zero-order valence-corrected chi connectivity index (χ0v) is 9.67. The van der Waals surface area contributed by atoms with E-state index in [1.54, 1.807) is 0 Å². The molecule has 0 aromatic heterocycles. The van der Waals surface area contributed by atoms with Crippen LogP contribution in [0.1, 0.15) is 16.7 Å². The topological polar surface area (TPSA) is 26.0 Å². The van der Waals surface area contributed by atoms with Crippen LogP contribution in [0.4, 0.5) is 32.0 Å². The molecular weight excluding hydrogens is 316 g/mol. The average Bonchev–Trinajstić information content (AvgIpc) is 2.12. The van der Waals surface area contributed by atoms with Crippen molar-refractivity contribution in [3.05, 3.63) is 28.8 Å². The van der Waals surface area contributed by atoms with Crippen LogP contribution in [-0.4, -0.2) is 0 Å². The second-order valence-corrected chi connectivity index (χ2v) is 3.79. The molecule has 1 rings (SSSR count). The number of halogens is 7. The van der Waals surface area contributed by atoms with Crippen molar-refractivity contribution in [1.29, 1.82) is 0 Å². The van der Waals surface area contributed by atoms with Crippen LogP contribution in [0, 0.1) is 0 Å². The van der Waals surface area contributed by atoms with Gasteiger partial charge < -0.3 is 5.73 Å². The highest BCUT2D eigenvalue weighted by Gasteiger charge is 2.38. The van der Waals surface area contributed by atoms with E-state index in [4.69, 9.17) is 5.73 Å². The lowest BCUT2D eigenvalue weighted by atomic mass is 10.0. The Morgan fingerprint density at radius 2 is 1.53 bits per heavy atom.